The van der Waals surface area contributed by atoms with Crippen molar-refractivity contribution in [3.05, 3.63) is 47.5 Å². The van der Waals surface area contributed by atoms with E-state index in [2.05, 4.69) is 5.32 Å². The van der Waals surface area contributed by atoms with E-state index in [1.807, 2.05) is 18.2 Å². The molecular formula is C18H23NO5. The predicted octanol–water partition coefficient (Wildman–Crippen LogP) is 1.98. The first kappa shape index (κ1) is 17.9. The third kappa shape index (κ3) is 4.78. The number of aliphatic hydroxyl groups excluding tert-OH is 1. The molecule has 4 N–H and O–H groups in total. The number of benzene rings is 2. The molecule has 130 valence electrons. The van der Waals surface area contributed by atoms with Crippen LogP contribution < -0.4 is 14.8 Å². The van der Waals surface area contributed by atoms with Crippen LogP contribution in [0.3, 0.4) is 0 Å². The van der Waals surface area contributed by atoms with E-state index in [9.17, 15) is 15.3 Å². The summed E-state index contributed by atoms with van der Waals surface area (Å²) in [5, 5.41) is 32.1. The van der Waals surface area contributed by atoms with E-state index in [4.69, 9.17) is 9.47 Å². The summed E-state index contributed by atoms with van der Waals surface area (Å²) in [6.45, 7) is 0.980. The first-order chi connectivity index (χ1) is 11.5. The van der Waals surface area contributed by atoms with E-state index in [0.29, 0.717) is 30.2 Å². The minimum absolute atomic E-state index is 0.0747. The Morgan fingerprint density at radius 2 is 1.62 bits per heavy atom. The zero-order valence-electron chi connectivity index (χ0n) is 13.8. The molecule has 2 aromatic carbocycles. The fraction of sp³-hybridized carbons (Fsp3) is 0.333. The van der Waals surface area contributed by atoms with Crippen molar-refractivity contribution in [2.24, 2.45) is 0 Å². The summed E-state index contributed by atoms with van der Waals surface area (Å²) >= 11 is 0. The van der Waals surface area contributed by atoms with Gasteiger partial charge in [-0.05, 0) is 48.4 Å². The molecule has 0 saturated carbocycles. The van der Waals surface area contributed by atoms with Crippen molar-refractivity contribution < 1.29 is 24.8 Å². The third-order valence-corrected chi connectivity index (χ3v) is 3.69. The molecule has 0 bridgehead atoms. The van der Waals surface area contributed by atoms with Gasteiger partial charge in [0.1, 0.15) is 11.5 Å². The Bertz CT molecular complexity index is 654. The number of aliphatic hydroxyl groups is 1. The van der Waals surface area contributed by atoms with E-state index >= 15 is 0 Å². The highest BCUT2D eigenvalue weighted by atomic mass is 16.5. The fourth-order valence-electron chi connectivity index (χ4n) is 2.44. The molecule has 0 aliphatic carbocycles. The van der Waals surface area contributed by atoms with Gasteiger partial charge >= 0.3 is 0 Å². The maximum atomic E-state index is 10.1. The largest absolute Gasteiger partial charge is 0.508 e. The second-order valence-electron chi connectivity index (χ2n) is 5.44. The van der Waals surface area contributed by atoms with Crippen molar-refractivity contribution in [2.75, 3.05) is 27.3 Å². The highest BCUT2D eigenvalue weighted by Crippen LogP contribution is 2.27. The molecule has 2 aromatic rings. The summed E-state index contributed by atoms with van der Waals surface area (Å²) in [6.07, 6.45) is -0.0494. The molecule has 0 aliphatic heterocycles. The van der Waals surface area contributed by atoms with Crippen LogP contribution in [0.1, 0.15) is 17.2 Å². The molecule has 0 radical (unpaired) electrons. The van der Waals surface area contributed by atoms with Gasteiger partial charge in [-0.2, -0.15) is 0 Å². The normalized spacial score (nSPS) is 12.0. The van der Waals surface area contributed by atoms with Gasteiger partial charge in [0.15, 0.2) is 11.5 Å². The Morgan fingerprint density at radius 3 is 2.25 bits per heavy atom. The van der Waals surface area contributed by atoms with Crippen molar-refractivity contribution >= 4 is 0 Å². The lowest BCUT2D eigenvalue weighted by Crippen LogP contribution is -2.23. The number of ether oxygens (including phenoxy) is 2. The molecular weight excluding hydrogens is 310 g/mol. The molecule has 0 unspecified atom stereocenters. The smallest absolute Gasteiger partial charge is 0.160 e. The van der Waals surface area contributed by atoms with Crippen molar-refractivity contribution in [2.45, 2.75) is 12.5 Å². The van der Waals surface area contributed by atoms with Crippen LogP contribution in [0.25, 0.3) is 0 Å². The summed E-state index contributed by atoms with van der Waals surface area (Å²) < 4.78 is 10.5. The lowest BCUT2D eigenvalue weighted by Gasteiger charge is -2.13. The van der Waals surface area contributed by atoms with Gasteiger partial charge in [-0.25, -0.2) is 0 Å². The molecule has 0 aliphatic rings. The first-order valence-corrected chi connectivity index (χ1v) is 7.66. The SMILES string of the molecule is COc1ccc(CCNC[C@@H](O)c2cc(O)cc(O)c2)cc1OC. The van der Waals surface area contributed by atoms with Crippen LogP contribution in [0.15, 0.2) is 36.4 Å². The van der Waals surface area contributed by atoms with Gasteiger partial charge in [-0.3, -0.25) is 0 Å². The van der Waals surface area contributed by atoms with Gasteiger partial charge in [-0.15, -0.1) is 0 Å². The number of methoxy groups -OCH3 is 2. The standard InChI is InChI=1S/C18H23NO5/c1-23-17-4-3-12(7-18(17)24-2)5-6-19-11-16(22)13-8-14(20)10-15(21)9-13/h3-4,7-10,16,19-22H,5-6,11H2,1-2H3/t16-/m1/s1. The monoisotopic (exact) mass is 333 g/mol. The van der Waals surface area contributed by atoms with Crippen LogP contribution in [0.2, 0.25) is 0 Å². The molecule has 0 fully saturated rings. The Labute approximate surface area is 141 Å². The summed E-state index contributed by atoms with van der Waals surface area (Å²) in [4.78, 5) is 0. The van der Waals surface area contributed by atoms with Gasteiger partial charge in [-0.1, -0.05) is 6.07 Å². The van der Waals surface area contributed by atoms with Crippen molar-refractivity contribution in [1.82, 2.24) is 5.32 Å². The van der Waals surface area contributed by atoms with Crippen LogP contribution in [0.5, 0.6) is 23.0 Å². The third-order valence-electron chi connectivity index (χ3n) is 3.69. The average molecular weight is 333 g/mol. The fourth-order valence-corrected chi connectivity index (χ4v) is 2.44. The molecule has 6 heteroatoms. The van der Waals surface area contributed by atoms with Crippen molar-refractivity contribution in [3.8, 4) is 23.0 Å². The number of nitrogens with one attached hydrogen (secondary N) is 1. The quantitative estimate of drug-likeness (QED) is 0.552. The molecule has 0 heterocycles. The Balaban J connectivity index is 1.84. The second-order valence-corrected chi connectivity index (χ2v) is 5.44. The number of rotatable bonds is 8. The maximum absolute atomic E-state index is 10.1. The molecule has 0 aromatic heterocycles. The predicted molar refractivity (Wildman–Crippen MR) is 90.9 cm³/mol. The molecule has 0 spiro atoms. The van der Waals surface area contributed by atoms with Crippen LogP contribution in [-0.4, -0.2) is 42.6 Å². The van der Waals surface area contributed by atoms with Crippen molar-refractivity contribution in [1.29, 1.82) is 0 Å². The van der Waals surface area contributed by atoms with Gasteiger partial charge in [0.2, 0.25) is 0 Å². The number of aromatic hydroxyl groups is 2. The van der Waals surface area contributed by atoms with E-state index in [-0.39, 0.29) is 11.5 Å². The molecule has 0 saturated heterocycles. The first-order valence-electron chi connectivity index (χ1n) is 7.66. The molecule has 1 atom stereocenters. The second kappa shape index (κ2) is 8.42. The maximum Gasteiger partial charge on any atom is 0.160 e. The summed E-state index contributed by atoms with van der Waals surface area (Å²) in [5.41, 5.74) is 1.55. The number of hydrogen-bond donors (Lipinski definition) is 4. The summed E-state index contributed by atoms with van der Waals surface area (Å²) in [5.74, 6) is 1.22. The minimum atomic E-state index is -0.812. The average Bonchev–Trinajstić information content (AvgIpc) is 2.57. The molecule has 2 rings (SSSR count). The summed E-state index contributed by atoms with van der Waals surface area (Å²) in [7, 11) is 3.20. The van der Waals surface area contributed by atoms with Crippen LogP contribution >= 0.6 is 0 Å². The van der Waals surface area contributed by atoms with Crippen LogP contribution in [0.4, 0.5) is 0 Å². The zero-order valence-corrected chi connectivity index (χ0v) is 13.8. The molecule has 0 amide bonds. The Hall–Kier alpha value is -2.44. The van der Waals surface area contributed by atoms with Crippen LogP contribution in [0, 0.1) is 0 Å². The number of phenols is 2. The van der Waals surface area contributed by atoms with E-state index < -0.39 is 6.10 Å². The van der Waals surface area contributed by atoms with Crippen LogP contribution in [-0.2, 0) is 6.42 Å². The van der Waals surface area contributed by atoms with Gasteiger partial charge < -0.3 is 30.1 Å². The topological polar surface area (TPSA) is 91.2 Å². The lowest BCUT2D eigenvalue weighted by atomic mass is 10.1. The molecule has 6 nitrogen and oxygen atoms in total. The van der Waals surface area contributed by atoms with E-state index in [0.717, 1.165) is 12.0 Å². The van der Waals surface area contributed by atoms with Gasteiger partial charge in [0, 0.05) is 12.6 Å². The van der Waals surface area contributed by atoms with E-state index in [1.54, 1.807) is 14.2 Å². The van der Waals surface area contributed by atoms with E-state index in [1.165, 1.54) is 18.2 Å². The highest BCUT2D eigenvalue weighted by Gasteiger charge is 2.10. The number of phenolic OH excluding ortho intramolecular Hbond substituents is 2. The Kier molecular flexibility index (Phi) is 6.28. The zero-order chi connectivity index (χ0) is 17.5. The molecule has 24 heavy (non-hydrogen) atoms. The van der Waals surface area contributed by atoms with Crippen molar-refractivity contribution in [3.63, 3.8) is 0 Å². The minimum Gasteiger partial charge on any atom is -0.508 e. The van der Waals surface area contributed by atoms with Gasteiger partial charge in [0.05, 0.1) is 20.3 Å². The Morgan fingerprint density at radius 1 is 0.958 bits per heavy atom. The lowest BCUT2D eigenvalue weighted by molar-refractivity contribution is 0.174. The summed E-state index contributed by atoms with van der Waals surface area (Å²) in [6, 6.07) is 9.83. The van der Waals surface area contributed by atoms with Gasteiger partial charge in [0.25, 0.3) is 0 Å². The number of hydrogen-bond acceptors (Lipinski definition) is 6. The highest BCUT2D eigenvalue weighted by molar-refractivity contribution is 5.43.